The molecule has 27 heavy (non-hydrogen) atoms. The van der Waals surface area contributed by atoms with E-state index in [9.17, 15) is 18.7 Å². The molecule has 3 aliphatic rings. The molecule has 2 saturated carbocycles. The minimum Gasteiger partial charge on any atom is -0.435 e. The minimum absolute atomic E-state index is 0.0274. The molecule has 1 heterocycles. The number of rotatable bonds is 4. The highest BCUT2D eigenvalue weighted by atomic mass is 19.3. The lowest BCUT2D eigenvalue weighted by Crippen LogP contribution is -2.61. The Labute approximate surface area is 158 Å². The molecular weight excluding hydrogens is 352 g/mol. The lowest BCUT2D eigenvalue weighted by Gasteiger charge is -2.52. The van der Waals surface area contributed by atoms with Gasteiger partial charge in [-0.15, -0.1) is 0 Å². The SMILES string of the molecule is Cc1cc(OC(F)F)cc([C@@H]2CCC3(C2)CN(C(=O)C2CC(C)(O)C2)C3)c1. The van der Waals surface area contributed by atoms with Crippen LogP contribution in [0.3, 0.4) is 0 Å². The number of aliphatic hydroxyl groups is 1. The van der Waals surface area contributed by atoms with Crippen LogP contribution in [-0.2, 0) is 4.79 Å². The number of benzene rings is 1. The van der Waals surface area contributed by atoms with Crippen LogP contribution in [0.15, 0.2) is 18.2 Å². The summed E-state index contributed by atoms with van der Waals surface area (Å²) in [5.74, 6) is 0.703. The number of aryl methyl sites for hydroxylation is 1. The van der Waals surface area contributed by atoms with Gasteiger partial charge in [0.2, 0.25) is 5.91 Å². The van der Waals surface area contributed by atoms with Crippen molar-refractivity contribution in [3.05, 3.63) is 29.3 Å². The van der Waals surface area contributed by atoms with Crippen molar-refractivity contribution in [2.45, 2.75) is 64.1 Å². The average Bonchev–Trinajstić information content (AvgIpc) is 2.94. The fraction of sp³-hybridized carbons (Fsp3) is 0.667. The van der Waals surface area contributed by atoms with Crippen molar-refractivity contribution in [2.75, 3.05) is 13.1 Å². The molecule has 2 aliphatic carbocycles. The van der Waals surface area contributed by atoms with Gasteiger partial charge >= 0.3 is 6.61 Å². The first kappa shape index (κ1) is 18.7. The van der Waals surface area contributed by atoms with Crippen molar-refractivity contribution >= 4 is 5.91 Å². The standard InChI is InChI=1S/C21H27F2NO3/c1-13-5-15(7-17(6-13)27-19(22)23)14-3-4-21(10-14)11-24(12-21)18(25)16-8-20(2,26)9-16/h5-7,14,16,19,26H,3-4,8-12H2,1-2H3/t14-,16?,20?/m1/s1. The molecule has 1 saturated heterocycles. The third-order valence-corrected chi connectivity index (χ3v) is 6.56. The lowest BCUT2D eigenvalue weighted by molar-refractivity contribution is -0.161. The van der Waals surface area contributed by atoms with Crippen LogP contribution in [0.1, 0.15) is 56.1 Å². The van der Waals surface area contributed by atoms with Crippen LogP contribution in [0, 0.1) is 18.3 Å². The molecule has 0 unspecified atom stereocenters. The van der Waals surface area contributed by atoms with E-state index < -0.39 is 12.2 Å². The van der Waals surface area contributed by atoms with Gasteiger partial charge in [-0.05, 0) is 75.1 Å². The molecule has 6 heteroatoms. The average molecular weight is 379 g/mol. The second kappa shape index (κ2) is 6.43. The molecule has 0 aromatic heterocycles. The maximum atomic E-state index is 12.5. The number of hydrogen-bond donors (Lipinski definition) is 1. The molecule has 1 amide bonds. The van der Waals surface area contributed by atoms with Gasteiger partial charge in [0, 0.05) is 24.4 Å². The number of carbonyl (C=O) groups excluding carboxylic acids is 1. The summed E-state index contributed by atoms with van der Waals surface area (Å²) < 4.78 is 29.7. The highest BCUT2D eigenvalue weighted by Gasteiger charge is 2.53. The van der Waals surface area contributed by atoms with Crippen LogP contribution >= 0.6 is 0 Å². The Morgan fingerprint density at radius 1 is 1.26 bits per heavy atom. The fourth-order valence-electron chi connectivity index (χ4n) is 5.32. The summed E-state index contributed by atoms with van der Waals surface area (Å²) in [6.45, 7) is 2.43. The third-order valence-electron chi connectivity index (χ3n) is 6.56. The van der Waals surface area contributed by atoms with Crippen LogP contribution in [0.4, 0.5) is 8.78 Å². The first-order valence-corrected chi connectivity index (χ1v) is 9.72. The van der Waals surface area contributed by atoms with Crippen molar-refractivity contribution in [3.63, 3.8) is 0 Å². The number of carbonyl (C=O) groups is 1. The molecular formula is C21H27F2NO3. The largest absolute Gasteiger partial charge is 0.435 e. The Bertz CT molecular complexity index is 735. The van der Waals surface area contributed by atoms with E-state index in [1.807, 2.05) is 11.8 Å². The van der Waals surface area contributed by atoms with E-state index in [1.54, 1.807) is 19.1 Å². The number of halogens is 2. The summed E-state index contributed by atoms with van der Waals surface area (Å²) in [6.07, 6.45) is 4.18. The maximum absolute atomic E-state index is 12.5. The number of alkyl halides is 2. The molecule has 1 spiro atoms. The molecule has 0 radical (unpaired) electrons. The first-order chi connectivity index (χ1) is 12.6. The number of likely N-dealkylation sites (tertiary alicyclic amines) is 1. The second-order valence-corrected chi connectivity index (χ2v) is 9.19. The molecule has 1 aromatic carbocycles. The van der Waals surface area contributed by atoms with Crippen LogP contribution in [-0.4, -0.2) is 41.2 Å². The zero-order valence-electron chi connectivity index (χ0n) is 15.9. The molecule has 1 aliphatic heterocycles. The van der Waals surface area contributed by atoms with Crippen LogP contribution in [0.5, 0.6) is 5.75 Å². The Hall–Kier alpha value is -1.69. The fourth-order valence-corrected chi connectivity index (χ4v) is 5.32. The molecule has 4 nitrogen and oxygen atoms in total. The molecule has 1 atom stereocenters. The summed E-state index contributed by atoms with van der Waals surface area (Å²) in [5.41, 5.74) is 1.47. The zero-order chi connectivity index (χ0) is 19.4. The van der Waals surface area contributed by atoms with Crippen LogP contribution in [0.2, 0.25) is 0 Å². The van der Waals surface area contributed by atoms with Gasteiger partial charge in [0.25, 0.3) is 0 Å². The van der Waals surface area contributed by atoms with Crippen molar-refractivity contribution in [1.29, 1.82) is 0 Å². The summed E-state index contributed by atoms with van der Waals surface area (Å²) >= 11 is 0. The van der Waals surface area contributed by atoms with E-state index in [2.05, 4.69) is 10.8 Å². The van der Waals surface area contributed by atoms with E-state index in [0.717, 1.165) is 43.5 Å². The predicted octanol–water partition coefficient (Wildman–Crippen LogP) is 3.85. The predicted molar refractivity (Wildman–Crippen MR) is 96.8 cm³/mol. The normalized spacial score (nSPS) is 31.7. The van der Waals surface area contributed by atoms with Gasteiger partial charge in [0.05, 0.1) is 5.60 Å². The number of amides is 1. The van der Waals surface area contributed by atoms with Crippen molar-refractivity contribution < 1.29 is 23.4 Å². The molecule has 1 N–H and O–H groups in total. The van der Waals surface area contributed by atoms with E-state index in [4.69, 9.17) is 0 Å². The van der Waals surface area contributed by atoms with E-state index in [-0.39, 0.29) is 23.0 Å². The summed E-state index contributed by atoms with van der Waals surface area (Å²) in [4.78, 5) is 14.4. The maximum Gasteiger partial charge on any atom is 0.387 e. The zero-order valence-corrected chi connectivity index (χ0v) is 15.9. The van der Waals surface area contributed by atoms with Gasteiger partial charge < -0.3 is 14.7 Å². The van der Waals surface area contributed by atoms with Gasteiger partial charge in [-0.2, -0.15) is 8.78 Å². The van der Waals surface area contributed by atoms with Crippen molar-refractivity contribution in [1.82, 2.24) is 4.90 Å². The molecule has 148 valence electrons. The number of nitrogens with zero attached hydrogens (tertiary/aromatic N) is 1. The second-order valence-electron chi connectivity index (χ2n) is 9.19. The van der Waals surface area contributed by atoms with Gasteiger partial charge in [0.1, 0.15) is 5.75 Å². The van der Waals surface area contributed by atoms with Gasteiger partial charge in [-0.3, -0.25) is 4.79 Å². The highest BCUT2D eigenvalue weighted by Crippen LogP contribution is 2.53. The number of hydrogen-bond acceptors (Lipinski definition) is 3. The molecule has 1 aromatic rings. The minimum atomic E-state index is -2.81. The van der Waals surface area contributed by atoms with E-state index >= 15 is 0 Å². The van der Waals surface area contributed by atoms with E-state index in [0.29, 0.717) is 18.8 Å². The summed E-state index contributed by atoms with van der Waals surface area (Å²) in [6, 6.07) is 5.43. The topological polar surface area (TPSA) is 49.8 Å². The van der Waals surface area contributed by atoms with Crippen molar-refractivity contribution in [2.24, 2.45) is 11.3 Å². The first-order valence-electron chi connectivity index (χ1n) is 9.72. The quantitative estimate of drug-likeness (QED) is 0.864. The Morgan fingerprint density at radius 3 is 2.59 bits per heavy atom. The molecule has 3 fully saturated rings. The summed E-state index contributed by atoms with van der Waals surface area (Å²) in [5, 5.41) is 9.84. The van der Waals surface area contributed by atoms with Crippen LogP contribution in [0.25, 0.3) is 0 Å². The van der Waals surface area contributed by atoms with Crippen molar-refractivity contribution in [3.8, 4) is 5.75 Å². The third kappa shape index (κ3) is 3.68. The lowest BCUT2D eigenvalue weighted by atomic mass is 9.69. The smallest absolute Gasteiger partial charge is 0.387 e. The van der Waals surface area contributed by atoms with Gasteiger partial charge in [-0.1, -0.05) is 6.07 Å². The Balaban J connectivity index is 1.36. The molecule has 0 bridgehead atoms. The van der Waals surface area contributed by atoms with Crippen LogP contribution < -0.4 is 4.74 Å². The highest BCUT2D eigenvalue weighted by molar-refractivity contribution is 5.81. The Morgan fingerprint density at radius 2 is 1.96 bits per heavy atom. The van der Waals surface area contributed by atoms with E-state index in [1.165, 1.54) is 0 Å². The monoisotopic (exact) mass is 379 g/mol. The van der Waals surface area contributed by atoms with Gasteiger partial charge in [0.15, 0.2) is 0 Å². The van der Waals surface area contributed by atoms with Gasteiger partial charge in [-0.25, -0.2) is 0 Å². The Kier molecular flexibility index (Phi) is 4.45. The number of ether oxygens (including phenoxy) is 1. The molecule has 4 rings (SSSR count). The summed E-state index contributed by atoms with van der Waals surface area (Å²) in [7, 11) is 0.